The molecule has 1 fully saturated rings. The molecule has 2 unspecified atom stereocenters. The van der Waals surface area contributed by atoms with Crippen molar-refractivity contribution in [3.63, 3.8) is 0 Å². The van der Waals surface area contributed by atoms with Gasteiger partial charge in [-0.25, -0.2) is 5.48 Å². The molecule has 0 radical (unpaired) electrons. The van der Waals surface area contributed by atoms with Gasteiger partial charge in [-0.2, -0.15) is 0 Å². The molecule has 0 aromatic heterocycles. The van der Waals surface area contributed by atoms with Crippen LogP contribution in [-0.4, -0.2) is 65.9 Å². The summed E-state index contributed by atoms with van der Waals surface area (Å²) in [6.07, 6.45) is 27.8. The second-order valence-electron chi connectivity index (χ2n) is 12.6. The minimum absolute atomic E-state index is 0.144. The molecule has 1 saturated heterocycles. The molecule has 1 N–H and O–H groups in total. The minimum Gasteiger partial charge on any atom is -0.379 e. The van der Waals surface area contributed by atoms with Gasteiger partial charge in [0.1, 0.15) is 0 Å². The molecule has 2 atom stereocenters. The fraction of sp³-hybridized carbons (Fsp3) is 0.971. The van der Waals surface area contributed by atoms with Crippen LogP contribution < -0.4 is 5.48 Å². The number of hydrogen-bond acceptors (Lipinski definition) is 8. The van der Waals surface area contributed by atoms with Crippen LogP contribution >= 0.6 is 11.8 Å². The van der Waals surface area contributed by atoms with E-state index in [2.05, 4.69) is 19.3 Å². The van der Waals surface area contributed by atoms with Gasteiger partial charge >= 0.3 is 8.80 Å². The van der Waals surface area contributed by atoms with Crippen molar-refractivity contribution in [2.75, 3.05) is 51.9 Å². The molecule has 0 saturated carbocycles. The number of nitrogens with one attached hydrogen (secondary N) is 1. The molecule has 1 aliphatic rings. The van der Waals surface area contributed by atoms with Gasteiger partial charge in [0.25, 0.3) is 0 Å². The number of hydrogen-bond donors (Lipinski definition) is 1. The molecule has 1 aliphatic heterocycles. The molecular formula is C35H71NO6SSi. The third-order valence-corrected chi connectivity index (χ3v) is 12.0. The Morgan fingerprint density at radius 3 is 1.86 bits per heavy atom. The first-order valence-electron chi connectivity index (χ1n) is 18.6. The largest absolute Gasteiger partial charge is 0.518 e. The lowest BCUT2D eigenvalue weighted by atomic mass is 9.97. The van der Waals surface area contributed by atoms with E-state index in [0.29, 0.717) is 45.0 Å². The first kappa shape index (κ1) is 42.0. The number of unbranched alkanes of at least 4 members (excludes halogenated alkanes) is 16. The van der Waals surface area contributed by atoms with Crippen LogP contribution in [0.25, 0.3) is 0 Å². The molecular weight excluding hydrogens is 591 g/mol. The van der Waals surface area contributed by atoms with E-state index < -0.39 is 8.80 Å². The lowest BCUT2D eigenvalue weighted by Gasteiger charge is -2.33. The molecule has 44 heavy (non-hydrogen) atoms. The van der Waals surface area contributed by atoms with Crippen LogP contribution in [0.15, 0.2) is 0 Å². The smallest absolute Gasteiger partial charge is 0.379 e. The van der Waals surface area contributed by atoms with E-state index in [0.717, 1.165) is 44.6 Å². The number of rotatable bonds is 31. The Hall–Kier alpha value is -0.00312. The Labute approximate surface area is 277 Å². The molecule has 0 amide bonds. The Morgan fingerprint density at radius 2 is 1.27 bits per heavy atom. The Kier molecular flexibility index (Phi) is 30.2. The molecule has 262 valence electrons. The van der Waals surface area contributed by atoms with Crippen molar-refractivity contribution in [3.8, 4) is 0 Å². The van der Waals surface area contributed by atoms with Crippen molar-refractivity contribution in [1.82, 2.24) is 5.48 Å². The van der Waals surface area contributed by atoms with Gasteiger partial charge in [-0.05, 0) is 31.6 Å². The van der Waals surface area contributed by atoms with Crippen molar-refractivity contribution < 1.29 is 27.6 Å². The van der Waals surface area contributed by atoms with Crippen molar-refractivity contribution in [2.45, 2.75) is 162 Å². The van der Waals surface area contributed by atoms with Crippen molar-refractivity contribution in [1.29, 1.82) is 0 Å². The Morgan fingerprint density at radius 1 is 0.727 bits per heavy atom. The first-order valence-corrected chi connectivity index (χ1v) is 21.5. The molecule has 1 heterocycles. The average molecular weight is 662 g/mol. The Bertz CT molecular complexity index is 622. The van der Waals surface area contributed by atoms with Crippen molar-refractivity contribution in [3.05, 3.63) is 0 Å². The summed E-state index contributed by atoms with van der Waals surface area (Å²) in [5, 5.41) is 0.144. The van der Waals surface area contributed by atoms with Gasteiger partial charge in [0.05, 0.1) is 26.4 Å². The van der Waals surface area contributed by atoms with E-state index in [-0.39, 0.29) is 5.12 Å². The average Bonchev–Trinajstić information content (AvgIpc) is 3.00. The van der Waals surface area contributed by atoms with Crippen molar-refractivity contribution >= 4 is 25.7 Å². The van der Waals surface area contributed by atoms with E-state index in [1.165, 1.54) is 121 Å². The third-order valence-electron chi connectivity index (χ3n) is 8.41. The van der Waals surface area contributed by atoms with E-state index in [1.54, 1.807) is 6.92 Å². The molecule has 9 heteroatoms. The number of carbonyl (C=O) groups is 1. The predicted molar refractivity (Wildman–Crippen MR) is 188 cm³/mol. The van der Waals surface area contributed by atoms with Gasteiger partial charge in [0, 0.05) is 38.5 Å². The van der Waals surface area contributed by atoms with Gasteiger partial charge < -0.3 is 18.3 Å². The lowest BCUT2D eigenvalue weighted by molar-refractivity contribution is -0.109. The highest BCUT2D eigenvalue weighted by atomic mass is 32.2. The highest BCUT2D eigenvalue weighted by molar-refractivity contribution is 8.13. The molecule has 0 spiro atoms. The summed E-state index contributed by atoms with van der Waals surface area (Å²) in [5.74, 6) is 1.33. The van der Waals surface area contributed by atoms with E-state index >= 15 is 0 Å². The summed E-state index contributed by atoms with van der Waals surface area (Å²) < 4.78 is 30.1. The van der Waals surface area contributed by atoms with Crippen LogP contribution in [0.4, 0.5) is 0 Å². The zero-order valence-electron chi connectivity index (χ0n) is 29.1. The predicted octanol–water partition coefficient (Wildman–Crippen LogP) is 9.65. The summed E-state index contributed by atoms with van der Waals surface area (Å²) in [5.41, 5.74) is 3.24. The monoisotopic (exact) mass is 661 g/mol. The van der Waals surface area contributed by atoms with Gasteiger partial charge in [0.15, 0.2) is 5.12 Å². The lowest BCUT2D eigenvalue weighted by Crippen LogP contribution is -2.52. The second-order valence-corrected chi connectivity index (χ2v) is 16.5. The number of carbonyl (C=O) groups excluding carboxylic acids is 1. The van der Waals surface area contributed by atoms with Crippen LogP contribution in [0, 0.1) is 5.92 Å². The maximum Gasteiger partial charge on any atom is 0.518 e. The summed E-state index contributed by atoms with van der Waals surface area (Å²) in [6, 6.07) is 0.699. The first-order chi connectivity index (χ1) is 21.6. The van der Waals surface area contributed by atoms with E-state index in [9.17, 15) is 4.79 Å². The van der Waals surface area contributed by atoms with Crippen LogP contribution in [0.5, 0.6) is 0 Å². The molecule has 0 bridgehead atoms. The van der Waals surface area contributed by atoms with Crippen LogP contribution in [0.1, 0.15) is 156 Å². The number of hydroxylamine groups is 1. The fourth-order valence-electron chi connectivity index (χ4n) is 5.61. The molecule has 7 nitrogen and oxygen atoms in total. The zero-order valence-corrected chi connectivity index (χ0v) is 31.0. The topological polar surface area (TPSA) is 75.3 Å². The molecule has 0 aliphatic carbocycles. The third kappa shape index (κ3) is 26.1. The van der Waals surface area contributed by atoms with Crippen LogP contribution in [0.3, 0.4) is 0 Å². The maximum atomic E-state index is 11.4. The Balaban J connectivity index is 2.14. The fourth-order valence-corrected chi connectivity index (χ4v) is 8.77. The summed E-state index contributed by atoms with van der Waals surface area (Å²) in [7, 11) is -2.88. The van der Waals surface area contributed by atoms with E-state index in [4.69, 9.17) is 22.9 Å². The summed E-state index contributed by atoms with van der Waals surface area (Å²) >= 11 is 1.35. The molecule has 0 aromatic rings. The molecule has 0 aromatic carbocycles. The maximum absolute atomic E-state index is 11.4. The van der Waals surface area contributed by atoms with Crippen LogP contribution in [0.2, 0.25) is 6.04 Å². The summed E-state index contributed by atoms with van der Waals surface area (Å²) in [4.78, 5) is 11.4. The van der Waals surface area contributed by atoms with Gasteiger partial charge in [-0.1, -0.05) is 135 Å². The zero-order chi connectivity index (χ0) is 31.8. The van der Waals surface area contributed by atoms with E-state index in [1.807, 2.05) is 0 Å². The standard InChI is InChI=1S/C35H71NO6SSi/c1-4-6-8-9-10-11-12-13-14-15-16-17-18-19-20-21-23-35-24-26-40-44(42-36-33-35,32-22-31-43-34(3)37)41-30-29-39-28-27-38-25-7-5-2/h35-36H,4-33H2,1-3H3. The summed E-state index contributed by atoms with van der Waals surface area (Å²) in [6.45, 7) is 10.5. The second kappa shape index (κ2) is 31.6. The SMILES string of the molecule is CCCCCCCCCCCCCCCCCCC1CCO[Si](CCCSC(C)=O)(OCCOCCOCCCC)ONC1. The quantitative estimate of drug-likeness (QED) is 0.0582. The minimum atomic E-state index is -2.88. The highest BCUT2D eigenvalue weighted by Gasteiger charge is 2.42. The van der Waals surface area contributed by atoms with Crippen molar-refractivity contribution in [2.24, 2.45) is 5.92 Å². The number of ether oxygens (including phenoxy) is 2. The molecule has 1 rings (SSSR count). The normalized spacial score (nSPS) is 19.2. The number of thioether (sulfide) groups is 1. The van der Waals surface area contributed by atoms with Gasteiger partial charge in [-0.15, -0.1) is 0 Å². The van der Waals surface area contributed by atoms with Gasteiger partial charge in [0.2, 0.25) is 0 Å². The van der Waals surface area contributed by atoms with Crippen LogP contribution in [-0.2, 0) is 27.6 Å². The van der Waals surface area contributed by atoms with Gasteiger partial charge in [-0.3, -0.25) is 9.32 Å². The highest BCUT2D eigenvalue weighted by Crippen LogP contribution is 2.24.